The van der Waals surface area contributed by atoms with Gasteiger partial charge in [-0.05, 0) is 45.7 Å². The van der Waals surface area contributed by atoms with Crippen molar-refractivity contribution in [2.24, 2.45) is 5.16 Å². The second-order valence-corrected chi connectivity index (χ2v) is 10.8. The van der Waals surface area contributed by atoms with Crippen LogP contribution in [0.15, 0.2) is 23.4 Å². The number of amides is 1. The highest BCUT2D eigenvalue weighted by Crippen LogP contribution is 2.28. The van der Waals surface area contributed by atoms with Gasteiger partial charge in [-0.1, -0.05) is 17.1 Å². The molecule has 2 unspecified atom stereocenters. The topological polar surface area (TPSA) is 94.5 Å². The quantitative estimate of drug-likeness (QED) is 0.473. The number of hydroxylamine groups is 2. The average molecular weight is 467 g/mol. The van der Waals surface area contributed by atoms with E-state index in [4.69, 9.17) is 14.4 Å². The fourth-order valence-corrected chi connectivity index (χ4v) is 3.59. The van der Waals surface area contributed by atoms with Gasteiger partial charge in [-0.25, -0.2) is 17.6 Å². The number of nitrogens with zero attached hydrogens (tertiary/aromatic N) is 2. The molecule has 0 aliphatic carbocycles. The summed E-state index contributed by atoms with van der Waals surface area (Å²) in [6.45, 7) is 4.71. The molecule has 0 bridgehead atoms. The molecule has 1 aromatic rings. The lowest BCUT2D eigenvalue weighted by Gasteiger charge is -2.35. The summed E-state index contributed by atoms with van der Waals surface area (Å²) in [5.41, 5.74) is 1.13. The first-order valence-electron chi connectivity index (χ1n) is 10.3. The van der Waals surface area contributed by atoms with E-state index >= 15 is 0 Å². The van der Waals surface area contributed by atoms with E-state index in [-0.39, 0.29) is 12.0 Å². The summed E-state index contributed by atoms with van der Waals surface area (Å²) in [6.07, 6.45) is 1.61. The van der Waals surface area contributed by atoms with Gasteiger partial charge < -0.3 is 9.57 Å². The maximum atomic E-state index is 14.3. The summed E-state index contributed by atoms with van der Waals surface area (Å²) >= 11 is 0. The second kappa shape index (κ2) is 9.57. The van der Waals surface area contributed by atoms with E-state index in [1.807, 2.05) is 0 Å². The zero-order valence-electron chi connectivity index (χ0n) is 18.6. The SMILES string of the molecule is CC#Cc1ccc(C2=NOC(N(OC3CCCCO3)C(=O)C(C)(C)S(C)(=O)=O)C2)cc1F. The highest BCUT2D eigenvalue weighted by molar-refractivity contribution is 7.92. The Hall–Kier alpha value is -2.48. The van der Waals surface area contributed by atoms with Crippen LogP contribution in [-0.4, -0.2) is 55.2 Å². The molecule has 0 aromatic heterocycles. The largest absolute Gasteiger partial charge is 0.367 e. The van der Waals surface area contributed by atoms with Gasteiger partial charge in [0.1, 0.15) is 10.6 Å². The molecule has 2 aliphatic rings. The lowest BCUT2D eigenvalue weighted by Crippen LogP contribution is -2.54. The lowest BCUT2D eigenvalue weighted by atomic mass is 10.0. The van der Waals surface area contributed by atoms with Crippen molar-refractivity contribution in [1.29, 1.82) is 0 Å². The van der Waals surface area contributed by atoms with Crippen LogP contribution in [0, 0.1) is 17.7 Å². The minimum Gasteiger partial charge on any atom is -0.367 e. The molecule has 2 heterocycles. The number of ether oxygens (including phenoxy) is 1. The van der Waals surface area contributed by atoms with E-state index in [9.17, 15) is 17.6 Å². The Morgan fingerprint density at radius 1 is 1.34 bits per heavy atom. The van der Waals surface area contributed by atoms with Gasteiger partial charge in [-0.15, -0.1) is 5.92 Å². The Morgan fingerprint density at radius 2 is 2.09 bits per heavy atom. The van der Waals surface area contributed by atoms with Gasteiger partial charge in [0, 0.05) is 24.8 Å². The van der Waals surface area contributed by atoms with Crippen molar-refractivity contribution in [2.45, 2.75) is 63.7 Å². The first-order chi connectivity index (χ1) is 15.0. The van der Waals surface area contributed by atoms with Crippen molar-refractivity contribution >= 4 is 21.5 Å². The van der Waals surface area contributed by atoms with Gasteiger partial charge >= 0.3 is 0 Å². The number of hydrogen-bond acceptors (Lipinski definition) is 7. The Labute approximate surface area is 187 Å². The van der Waals surface area contributed by atoms with Gasteiger partial charge in [-0.3, -0.25) is 4.79 Å². The molecule has 32 heavy (non-hydrogen) atoms. The smallest absolute Gasteiger partial charge is 0.270 e. The number of rotatable bonds is 6. The summed E-state index contributed by atoms with van der Waals surface area (Å²) in [5, 5.41) is 4.90. The van der Waals surface area contributed by atoms with Crippen LogP contribution >= 0.6 is 0 Å². The first-order valence-corrected chi connectivity index (χ1v) is 12.2. The van der Waals surface area contributed by atoms with Crippen LogP contribution in [-0.2, 0) is 29.0 Å². The molecule has 0 spiro atoms. The van der Waals surface area contributed by atoms with Crippen LogP contribution in [0.5, 0.6) is 0 Å². The molecule has 1 amide bonds. The summed E-state index contributed by atoms with van der Waals surface area (Å²) in [6, 6.07) is 4.49. The molecule has 0 radical (unpaired) electrons. The number of halogens is 1. The number of carbonyl (C=O) groups excluding carboxylic acids is 1. The zero-order chi connectivity index (χ0) is 23.5. The van der Waals surface area contributed by atoms with Crippen LogP contribution in [0.3, 0.4) is 0 Å². The van der Waals surface area contributed by atoms with Crippen molar-refractivity contribution in [2.75, 3.05) is 12.9 Å². The maximum Gasteiger partial charge on any atom is 0.270 e. The van der Waals surface area contributed by atoms with E-state index in [0.29, 0.717) is 24.3 Å². The Balaban J connectivity index is 1.83. The third-order valence-electron chi connectivity index (χ3n) is 5.49. The zero-order valence-corrected chi connectivity index (χ0v) is 19.4. The molecule has 2 aliphatic heterocycles. The molecule has 2 atom stereocenters. The lowest BCUT2D eigenvalue weighted by molar-refractivity contribution is -0.317. The Morgan fingerprint density at radius 3 is 2.69 bits per heavy atom. The number of sulfone groups is 1. The molecule has 3 rings (SSSR count). The van der Waals surface area contributed by atoms with Crippen molar-refractivity contribution in [3.05, 3.63) is 35.1 Å². The van der Waals surface area contributed by atoms with Crippen molar-refractivity contribution in [3.63, 3.8) is 0 Å². The van der Waals surface area contributed by atoms with Gasteiger partial charge in [0.2, 0.25) is 6.23 Å². The second-order valence-electron chi connectivity index (χ2n) is 8.19. The molecule has 8 nitrogen and oxygen atoms in total. The number of carbonyl (C=O) groups is 1. The minimum atomic E-state index is -3.77. The molecule has 0 N–H and O–H groups in total. The summed E-state index contributed by atoms with van der Waals surface area (Å²) in [4.78, 5) is 24.5. The standard InChI is InChI=1S/C22H27FN2O6S/c1-5-8-15-10-11-16(13-17(15)23)18-14-19(30-24-18)25(31-20-9-6-7-12-29-20)21(26)22(2,3)32(4,27)28/h10-11,13,19-20H,6-7,9,12,14H2,1-4H3. The average Bonchev–Trinajstić information content (AvgIpc) is 3.23. The molecule has 174 valence electrons. The van der Waals surface area contributed by atoms with Crippen LogP contribution in [0.1, 0.15) is 57.6 Å². The first kappa shape index (κ1) is 24.2. The predicted octanol–water partition coefficient (Wildman–Crippen LogP) is 2.76. The summed E-state index contributed by atoms with van der Waals surface area (Å²) < 4.78 is 42.6. The molecule has 0 saturated carbocycles. The minimum absolute atomic E-state index is 0.0799. The van der Waals surface area contributed by atoms with Crippen LogP contribution in [0.2, 0.25) is 0 Å². The highest BCUT2D eigenvalue weighted by atomic mass is 32.2. The van der Waals surface area contributed by atoms with Crippen molar-refractivity contribution in [3.8, 4) is 11.8 Å². The third-order valence-corrected chi connectivity index (χ3v) is 7.52. The van der Waals surface area contributed by atoms with Crippen molar-refractivity contribution in [1.82, 2.24) is 5.06 Å². The van der Waals surface area contributed by atoms with E-state index in [0.717, 1.165) is 24.2 Å². The molecule has 1 fully saturated rings. The Kier molecular flexibility index (Phi) is 7.22. The van der Waals surface area contributed by atoms with E-state index in [1.165, 1.54) is 19.9 Å². The monoisotopic (exact) mass is 466 g/mol. The number of hydrogen-bond donors (Lipinski definition) is 0. The number of oxime groups is 1. The highest BCUT2D eigenvalue weighted by Gasteiger charge is 2.47. The van der Waals surface area contributed by atoms with Gasteiger partial charge in [0.15, 0.2) is 16.1 Å². The third kappa shape index (κ3) is 5.11. The van der Waals surface area contributed by atoms with Gasteiger partial charge in [-0.2, -0.15) is 5.06 Å². The van der Waals surface area contributed by atoms with E-state index in [2.05, 4.69) is 17.0 Å². The summed E-state index contributed by atoms with van der Waals surface area (Å²) in [7, 11) is -3.77. The van der Waals surface area contributed by atoms with Gasteiger partial charge in [0.25, 0.3) is 5.91 Å². The van der Waals surface area contributed by atoms with Crippen LogP contribution < -0.4 is 0 Å². The van der Waals surface area contributed by atoms with Crippen LogP contribution in [0.25, 0.3) is 0 Å². The van der Waals surface area contributed by atoms with E-state index in [1.54, 1.807) is 19.1 Å². The molecule has 1 aromatic carbocycles. The van der Waals surface area contributed by atoms with Crippen molar-refractivity contribution < 1.29 is 32.0 Å². The number of benzene rings is 1. The Bertz CT molecular complexity index is 1070. The molecular formula is C22H27FN2O6S. The fourth-order valence-electron chi connectivity index (χ4n) is 3.18. The van der Waals surface area contributed by atoms with Gasteiger partial charge in [0.05, 0.1) is 17.7 Å². The molecular weight excluding hydrogens is 439 g/mol. The maximum absolute atomic E-state index is 14.3. The van der Waals surface area contributed by atoms with E-state index < -0.39 is 38.8 Å². The molecule has 1 saturated heterocycles. The molecule has 10 heteroatoms. The summed E-state index contributed by atoms with van der Waals surface area (Å²) in [5.74, 6) is 4.02. The van der Waals surface area contributed by atoms with Crippen LogP contribution in [0.4, 0.5) is 4.39 Å². The fraction of sp³-hybridized carbons (Fsp3) is 0.545. The normalized spacial score (nSPS) is 21.2. The predicted molar refractivity (Wildman–Crippen MR) is 115 cm³/mol.